The van der Waals surface area contributed by atoms with E-state index in [-0.39, 0.29) is 5.82 Å². The maximum Gasteiger partial charge on any atom is 0.332 e. The van der Waals surface area contributed by atoms with E-state index in [2.05, 4.69) is 0 Å². The van der Waals surface area contributed by atoms with Crippen LogP contribution in [0, 0.1) is 0 Å². The molecule has 1 aliphatic rings. The molecule has 2 aromatic carbocycles. The fraction of sp³-hybridized carbons (Fsp3) is 0.179. The second-order valence-corrected chi connectivity index (χ2v) is 8.90. The average molecular weight is 544 g/mol. The van der Waals surface area contributed by atoms with Crippen LogP contribution < -0.4 is 26.5 Å². The van der Waals surface area contributed by atoms with Crippen molar-refractivity contribution in [3.05, 3.63) is 92.8 Å². The lowest BCUT2D eigenvalue weighted by Gasteiger charge is -2.18. The van der Waals surface area contributed by atoms with E-state index in [1.165, 1.54) is 20.2 Å². The summed E-state index contributed by atoms with van der Waals surface area (Å²) in [6.45, 7) is 0.166. The Labute approximate surface area is 227 Å². The van der Waals surface area contributed by atoms with Gasteiger partial charge in [-0.25, -0.2) is 14.3 Å². The number of carbonyl (C=O) groups excluding carboxylic acids is 2. The molecule has 12 heteroatoms. The Balaban J connectivity index is 1.39. The molecular formula is C28H25N5O7. The minimum absolute atomic E-state index is 0.304. The minimum Gasteiger partial charge on any atom is -0.486 e. The van der Waals surface area contributed by atoms with Crippen molar-refractivity contribution in [1.82, 2.24) is 18.9 Å². The summed E-state index contributed by atoms with van der Waals surface area (Å²) >= 11 is 0. The number of ether oxygens (including phenoxy) is 3. The monoisotopic (exact) mass is 543 g/mol. The number of para-hydroxylation sites is 1. The maximum absolute atomic E-state index is 12.7. The van der Waals surface area contributed by atoms with Crippen LogP contribution in [0.25, 0.3) is 23.0 Å². The zero-order valence-electron chi connectivity index (χ0n) is 21.7. The summed E-state index contributed by atoms with van der Waals surface area (Å²) in [5, 5.41) is 4.72. The van der Waals surface area contributed by atoms with Gasteiger partial charge in [0.2, 0.25) is 5.78 Å². The number of hydrogen-bond donors (Lipinski definition) is 1. The van der Waals surface area contributed by atoms with Crippen LogP contribution in [0.15, 0.2) is 70.4 Å². The molecule has 0 spiro atoms. The molecule has 0 amide bonds. The summed E-state index contributed by atoms with van der Waals surface area (Å²) in [5.41, 5.74) is 6.56. The normalized spacial score (nSPS) is 12.4. The van der Waals surface area contributed by atoms with Gasteiger partial charge in [-0.15, -0.1) is 0 Å². The molecule has 0 radical (unpaired) electrons. The van der Waals surface area contributed by atoms with Crippen molar-refractivity contribution in [2.75, 3.05) is 25.6 Å². The maximum atomic E-state index is 12.7. The van der Waals surface area contributed by atoms with Crippen molar-refractivity contribution in [3.63, 3.8) is 0 Å². The predicted octanol–water partition coefficient (Wildman–Crippen LogP) is 1.73. The Morgan fingerprint density at radius 2 is 1.75 bits per heavy atom. The highest BCUT2D eigenvalue weighted by Gasteiger charge is 2.21. The largest absolute Gasteiger partial charge is 0.486 e. The highest BCUT2D eigenvalue weighted by molar-refractivity contribution is 6.02. The van der Waals surface area contributed by atoms with E-state index in [1.807, 2.05) is 42.5 Å². The number of nitrogen functional groups attached to an aromatic ring is 1. The molecular weight excluding hydrogens is 518 g/mol. The van der Waals surface area contributed by atoms with Gasteiger partial charge >= 0.3 is 11.7 Å². The van der Waals surface area contributed by atoms with Gasteiger partial charge in [0, 0.05) is 37.5 Å². The van der Waals surface area contributed by atoms with E-state index >= 15 is 0 Å². The van der Waals surface area contributed by atoms with E-state index in [1.54, 1.807) is 16.9 Å². The number of Topliss-reactive ketones (excluding diaryl/α,β-unsaturated/α-hetero) is 1. The molecule has 2 N–H and O–H groups in total. The summed E-state index contributed by atoms with van der Waals surface area (Å²) in [4.78, 5) is 49.6. The first-order valence-electron chi connectivity index (χ1n) is 12.2. The van der Waals surface area contributed by atoms with E-state index in [0.717, 1.165) is 26.5 Å². The molecule has 0 bridgehead atoms. The Morgan fingerprint density at radius 1 is 1.02 bits per heavy atom. The first-order chi connectivity index (χ1) is 19.2. The Bertz CT molecular complexity index is 1770. The number of nitrogens with two attached hydrogens (primary N) is 1. The van der Waals surface area contributed by atoms with Gasteiger partial charge in [0.25, 0.3) is 5.56 Å². The van der Waals surface area contributed by atoms with Crippen LogP contribution >= 0.6 is 0 Å². The van der Waals surface area contributed by atoms with Crippen molar-refractivity contribution in [1.29, 1.82) is 0 Å². The molecule has 0 atom stereocenters. The van der Waals surface area contributed by atoms with Crippen LogP contribution in [-0.4, -0.2) is 50.5 Å². The van der Waals surface area contributed by atoms with Gasteiger partial charge in [-0.3, -0.25) is 18.7 Å². The number of rotatable bonds is 7. The van der Waals surface area contributed by atoms with Crippen LogP contribution in [-0.2, 0) is 23.6 Å². The van der Waals surface area contributed by atoms with Gasteiger partial charge in [-0.2, -0.15) is 5.10 Å². The molecule has 0 saturated carbocycles. The number of anilines is 1. The van der Waals surface area contributed by atoms with Crippen molar-refractivity contribution in [2.45, 2.75) is 0 Å². The van der Waals surface area contributed by atoms with Crippen molar-refractivity contribution >= 4 is 23.6 Å². The molecule has 4 aromatic rings. The van der Waals surface area contributed by atoms with Gasteiger partial charge < -0.3 is 19.9 Å². The smallest absolute Gasteiger partial charge is 0.332 e. The number of ketones is 1. The SMILES string of the molecule is Cn1c(N)c(C(=O)COC(=O)/C=C/c2cn(-c3ccccc3)nc2-c2ccc3c(c2)OCCO3)c(=O)n(C)c1=O. The first-order valence-corrected chi connectivity index (χ1v) is 12.2. The molecule has 0 saturated heterocycles. The summed E-state index contributed by atoms with van der Waals surface area (Å²) in [6.07, 6.45) is 4.43. The number of aromatic nitrogens is 4. The van der Waals surface area contributed by atoms with Crippen LogP contribution in [0.4, 0.5) is 5.82 Å². The van der Waals surface area contributed by atoms with Crippen molar-refractivity contribution in [2.24, 2.45) is 14.1 Å². The quantitative estimate of drug-likeness (QED) is 0.209. The highest BCUT2D eigenvalue weighted by atomic mass is 16.6. The lowest BCUT2D eigenvalue weighted by Crippen LogP contribution is -2.42. The Hall–Kier alpha value is -5.39. The van der Waals surface area contributed by atoms with Crippen LogP contribution in [0.3, 0.4) is 0 Å². The van der Waals surface area contributed by atoms with Gasteiger partial charge in [0.1, 0.15) is 30.3 Å². The topological polar surface area (TPSA) is 150 Å². The third-order valence-electron chi connectivity index (χ3n) is 6.31. The molecule has 1 aliphatic heterocycles. The van der Waals surface area contributed by atoms with Crippen molar-refractivity contribution in [3.8, 4) is 28.4 Å². The zero-order valence-corrected chi connectivity index (χ0v) is 21.7. The Kier molecular flexibility index (Phi) is 7.06. The number of esters is 1. The van der Waals surface area contributed by atoms with Crippen LogP contribution in [0.2, 0.25) is 0 Å². The standard InChI is InChI=1S/C28H25N5O7/c1-31-26(29)24(27(36)32(2)28(31)37)20(34)16-40-23(35)11-9-18-15-33(19-6-4-3-5-7-19)30-25(18)17-8-10-21-22(14-17)39-13-12-38-21/h3-11,14-15H,12-13,16,29H2,1-2H3/b11-9+. The predicted molar refractivity (Wildman–Crippen MR) is 146 cm³/mol. The molecule has 3 heterocycles. The van der Waals surface area contributed by atoms with Gasteiger partial charge in [-0.05, 0) is 36.4 Å². The number of benzene rings is 2. The van der Waals surface area contributed by atoms with Gasteiger partial charge in [-0.1, -0.05) is 18.2 Å². The number of fused-ring (bicyclic) bond motifs is 1. The van der Waals surface area contributed by atoms with Gasteiger partial charge in [0.05, 0.1) is 5.69 Å². The first kappa shape index (κ1) is 26.2. The molecule has 2 aromatic heterocycles. The minimum atomic E-state index is -0.866. The molecule has 0 unspecified atom stereocenters. The van der Waals surface area contributed by atoms with E-state index in [9.17, 15) is 19.2 Å². The van der Waals surface area contributed by atoms with E-state index in [4.69, 9.17) is 25.0 Å². The molecule has 0 aliphatic carbocycles. The third kappa shape index (κ3) is 5.01. The van der Waals surface area contributed by atoms with Crippen LogP contribution in [0.5, 0.6) is 11.5 Å². The molecule has 40 heavy (non-hydrogen) atoms. The third-order valence-corrected chi connectivity index (χ3v) is 6.31. The fourth-order valence-electron chi connectivity index (χ4n) is 4.17. The second-order valence-electron chi connectivity index (χ2n) is 8.90. The fourth-order valence-corrected chi connectivity index (χ4v) is 4.17. The number of nitrogens with zero attached hydrogens (tertiary/aromatic N) is 4. The molecule has 5 rings (SSSR count). The Morgan fingerprint density at radius 3 is 2.50 bits per heavy atom. The molecule has 204 valence electrons. The average Bonchev–Trinajstić information content (AvgIpc) is 3.41. The summed E-state index contributed by atoms with van der Waals surface area (Å²) < 4.78 is 19.8. The van der Waals surface area contributed by atoms with E-state index in [0.29, 0.717) is 36.0 Å². The number of carbonyl (C=O) groups is 2. The molecule has 0 fully saturated rings. The highest BCUT2D eigenvalue weighted by Crippen LogP contribution is 2.35. The summed E-state index contributed by atoms with van der Waals surface area (Å²) in [7, 11) is 2.56. The number of hydrogen-bond acceptors (Lipinski definition) is 9. The van der Waals surface area contributed by atoms with Crippen LogP contribution in [0.1, 0.15) is 15.9 Å². The van der Waals surface area contributed by atoms with Crippen molar-refractivity contribution < 1.29 is 23.8 Å². The molecule has 12 nitrogen and oxygen atoms in total. The zero-order chi connectivity index (χ0) is 28.4. The van der Waals surface area contributed by atoms with Gasteiger partial charge in [0.15, 0.2) is 18.1 Å². The lowest BCUT2D eigenvalue weighted by atomic mass is 10.1. The second kappa shape index (κ2) is 10.8. The summed E-state index contributed by atoms with van der Waals surface area (Å²) in [6, 6.07) is 14.9. The lowest BCUT2D eigenvalue weighted by molar-refractivity contribution is -0.136. The summed E-state index contributed by atoms with van der Waals surface area (Å²) in [5.74, 6) is -0.730. The van der Waals surface area contributed by atoms with E-state index < -0.39 is 35.2 Å².